The maximum absolute atomic E-state index is 5.26. The highest BCUT2D eigenvalue weighted by molar-refractivity contribution is 5.58. The predicted molar refractivity (Wildman–Crippen MR) is 65.8 cm³/mol. The van der Waals surface area contributed by atoms with Gasteiger partial charge in [0.15, 0.2) is 5.76 Å². The second-order valence-electron chi connectivity index (χ2n) is 3.84. The average molecular weight is 248 g/mol. The first-order valence-corrected chi connectivity index (χ1v) is 5.74. The first-order valence-electron chi connectivity index (χ1n) is 5.74. The molecule has 0 aromatic carbocycles. The lowest BCUT2D eigenvalue weighted by Gasteiger charge is -2.04. The van der Waals surface area contributed by atoms with E-state index in [0.717, 1.165) is 23.5 Å². The van der Waals surface area contributed by atoms with Gasteiger partial charge in [-0.2, -0.15) is 0 Å². The van der Waals surface area contributed by atoms with Crippen LogP contribution in [0.4, 0.5) is 0 Å². The van der Waals surface area contributed by atoms with Crippen LogP contribution < -0.4 is 5.32 Å². The van der Waals surface area contributed by atoms with Gasteiger partial charge < -0.3 is 14.6 Å². The van der Waals surface area contributed by atoms with Crippen LogP contribution in [0.25, 0.3) is 11.5 Å². The van der Waals surface area contributed by atoms with Gasteiger partial charge in [0.1, 0.15) is 5.69 Å². The molecule has 0 spiro atoms. The highest BCUT2D eigenvalue weighted by atomic mass is 16.5. The van der Waals surface area contributed by atoms with Gasteiger partial charge in [-0.25, -0.2) is 4.98 Å². The molecule has 2 heterocycles. The minimum atomic E-state index is 0.665. The number of methoxy groups -OCH3 is 1. The number of hydrogen-bond acceptors (Lipinski definition) is 6. The summed E-state index contributed by atoms with van der Waals surface area (Å²) in [7, 11) is 1.68. The van der Waals surface area contributed by atoms with Crippen molar-refractivity contribution < 1.29 is 9.26 Å². The van der Waals surface area contributed by atoms with Crippen LogP contribution in [0, 0.1) is 6.92 Å². The molecule has 2 aromatic rings. The Labute approximate surface area is 105 Å². The summed E-state index contributed by atoms with van der Waals surface area (Å²) in [5.41, 5.74) is 2.53. The number of nitrogens with one attached hydrogen (secondary N) is 1. The van der Waals surface area contributed by atoms with E-state index in [-0.39, 0.29) is 0 Å². The molecule has 0 radical (unpaired) electrons. The molecule has 0 aliphatic rings. The van der Waals surface area contributed by atoms with Gasteiger partial charge >= 0.3 is 0 Å². The normalized spacial score (nSPS) is 10.8. The Morgan fingerprint density at radius 3 is 2.94 bits per heavy atom. The molecule has 18 heavy (non-hydrogen) atoms. The summed E-state index contributed by atoms with van der Waals surface area (Å²) in [5.74, 6) is 0.672. The topological polar surface area (TPSA) is 73.1 Å². The number of hydrogen-bond donors (Lipinski definition) is 1. The molecule has 2 aromatic heterocycles. The van der Waals surface area contributed by atoms with Gasteiger partial charge in [-0.3, -0.25) is 4.98 Å². The van der Waals surface area contributed by atoms with Crippen molar-refractivity contribution in [3.05, 3.63) is 29.8 Å². The lowest BCUT2D eigenvalue weighted by Crippen LogP contribution is -2.18. The highest BCUT2D eigenvalue weighted by Crippen LogP contribution is 2.22. The van der Waals surface area contributed by atoms with Crippen LogP contribution in [-0.2, 0) is 11.3 Å². The van der Waals surface area contributed by atoms with Gasteiger partial charge in [-0.15, -0.1) is 0 Å². The van der Waals surface area contributed by atoms with E-state index in [4.69, 9.17) is 9.26 Å². The molecule has 0 aliphatic heterocycles. The lowest BCUT2D eigenvalue weighted by atomic mass is 10.2. The fraction of sp³-hybridized carbons (Fsp3) is 0.417. The van der Waals surface area contributed by atoms with Crippen molar-refractivity contribution in [2.45, 2.75) is 13.5 Å². The van der Waals surface area contributed by atoms with Crippen LogP contribution in [-0.4, -0.2) is 35.4 Å². The summed E-state index contributed by atoms with van der Waals surface area (Å²) in [4.78, 5) is 8.47. The second kappa shape index (κ2) is 6.23. The Kier molecular flexibility index (Phi) is 4.38. The van der Waals surface area contributed by atoms with E-state index in [1.54, 1.807) is 25.7 Å². The molecule has 6 heteroatoms. The molecule has 6 nitrogen and oxygen atoms in total. The van der Waals surface area contributed by atoms with Gasteiger partial charge in [0, 0.05) is 38.2 Å². The molecule has 0 unspecified atom stereocenters. The molecule has 0 bridgehead atoms. The van der Waals surface area contributed by atoms with E-state index in [2.05, 4.69) is 20.4 Å². The summed E-state index contributed by atoms with van der Waals surface area (Å²) in [6.07, 6.45) is 5.00. The van der Waals surface area contributed by atoms with Crippen molar-refractivity contribution in [2.24, 2.45) is 0 Å². The Morgan fingerprint density at radius 2 is 2.17 bits per heavy atom. The van der Waals surface area contributed by atoms with Crippen LogP contribution in [0.3, 0.4) is 0 Å². The zero-order chi connectivity index (χ0) is 12.8. The molecule has 0 saturated heterocycles. The molecule has 1 N–H and O–H groups in total. The van der Waals surface area contributed by atoms with Crippen molar-refractivity contribution >= 4 is 0 Å². The summed E-state index contributed by atoms with van der Waals surface area (Å²) in [6.45, 7) is 4.01. The number of ether oxygens (including phenoxy) is 1. The third kappa shape index (κ3) is 2.91. The van der Waals surface area contributed by atoms with Gasteiger partial charge in [0.05, 0.1) is 18.5 Å². The molecular formula is C12H16N4O2. The largest absolute Gasteiger partial charge is 0.383 e. The zero-order valence-electron chi connectivity index (χ0n) is 10.5. The highest BCUT2D eigenvalue weighted by Gasteiger charge is 2.14. The van der Waals surface area contributed by atoms with E-state index in [1.165, 1.54) is 0 Å². The SMILES string of the molecule is COCCNCc1cnoc1-c1nccnc1C. The Morgan fingerprint density at radius 1 is 1.33 bits per heavy atom. The van der Waals surface area contributed by atoms with Gasteiger partial charge in [-0.05, 0) is 6.92 Å². The van der Waals surface area contributed by atoms with Crippen LogP contribution in [0.2, 0.25) is 0 Å². The van der Waals surface area contributed by atoms with Gasteiger partial charge in [0.2, 0.25) is 0 Å². The second-order valence-corrected chi connectivity index (χ2v) is 3.84. The van der Waals surface area contributed by atoms with E-state index >= 15 is 0 Å². The van der Waals surface area contributed by atoms with Crippen LogP contribution in [0.1, 0.15) is 11.3 Å². The fourth-order valence-corrected chi connectivity index (χ4v) is 1.61. The molecule has 0 fully saturated rings. The van der Waals surface area contributed by atoms with Gasteiger partial charge in [0.25, 0.3) is 0 Å². The Hall–Kier alpha value is -1.79. The molecule has 96 valence electrons. The van der Waals surface area contributed by atoms with Crippen molar-refractivity contribution in [3.63, 3.8) is 0 Å². The van der Waals surface area contributed by atoms with Crippen molar-refractivity contribution in [3.8, 4) is 11.5 Å². The molecule has 2 rings (SSSR count). The van der Waals surface area contributed by atoms with Crippen molar-refractivity contribution in [1.29, 1.82) is 0 Å². The third-order valence-corrected chi connectivity index (χ3v) is 2.54. The summed E-state index contributed by atoms with van der Waals surface area (Å²) < 4.78 is 10.2. The van der Waals surface area contributed by atoms with Crippen LogP contribution >= 0.6 is 0 Å². The number of aromatic nitrogens is 3. The zero-order valence-corrected chi connectivity index (χ0v) is 10.5. The first kappa shape index (κ1) is 12.7. The number of nitrogens with zero attached hydrogens (tertiary/aromatic N) is 3. The van der Waals surface area contributed by atoms with Crippen LogP contribution in [0.5, 0.6) is 0 Å². The van der Waals surface area contributed by atoms with Crippen molar-refractivity contribution in [2.75, 3.05) is 20.3 Å². The summed E-state index contributed by atoms with van der Waals surface area (Å²) >= 11 is 0. The van der Waals surface area contributed by atoms with E-state index in [9.17, 15) is 0 Å². The Bertz CT molecular complexity index is 498. The van der Waals surface area contributed by atoms with Crippen LogP contribution in [0.15, 0.2) is 23.1 Å². The molecule has 0 aliphatic carbocycles. The minimum Gasteiger partial charge on any atom is -0.383 e. The van der Waals surface area contributed by atoms with Gasteiger partial charge in [-0.1, -0.05) is 5.16 Å². The monoisotopic (exact) mass is 248 g/mol. The van der Waals surface area contributed by atoms with E-state index in [1.807, 2.05) is 6.92 Å². The molecule has 0 saturated carbocycles. The summed E-state index contributed by atoms with van der Waals surface area (Å²) in [6, 6.07) is 0. The quantitative estimate of drug-likeness (QED) is 0.774. The van der Waals surface area contributed by atoms with E-state index < -0.39 is 0 Å². The minimum absolute atomic E-state index is 0.665. The maximum atomic E-state index is 5.26. The Balaban J connectivity index is 2.10. The summed E-state index contributed by atoms with van der Waals surface area (Å²) in [5, 5.41) is 7.07. The van der Waals surface area contributed by atoms with Crippen molar-refractivity contribution in [1.82, 2.24) is 20.4 Å². The average Bonchev–Trinajstić information content (AvgIpc) is 2.83. The molecule has 0 amide bonds. The number of rotatable bonds is 6. The molecule has 0 atom stereocenters. The fourth-order valence-electron chi connectivity index (χ4n) is 1.61. The smallest absolute Gasteiger partial charge is 0.191 e. The molecular weight excluding hydrogens is 232 g/mol. The first-order chi connectivity index (χ1) is 8.83. The predicted octanol–water partition coefficient (Wildman–Crippen LogP) is 1.18. The lowest BCUT2D eigenvalue weighted by molar-refractivity contribution is 0.199. The number of aryl methyl sites for hydroxylation is 1. The standard InChI is InChI=1S/C12H16N4O2/c1-9-11(15-4-3-14-9)12-10(8-16-18-12)7-13-5-6-17-2/h3-4,8,13H,5-7H2,1-2H3. The van der Waals surface area contributed by atoms with E-state index in [0.29, 0.717) is 18.9 Å². The maximum Gasteiger partial charge on any atom is 0.191 e. The third-order valence-electron chi connectivity index (χ3n) is 2.54.